The third-order valence-corrected chi connectivity index (χ3v) is 14.2. The fourth-order valence-electron chi connectivity index (χ4n) is 10.1. The summed E-state index contributed by atoms with van der Waals surface area (Å²) in [5, 5.41) is 0. The number of rotatable bonds is 20. The number of esters is 2. The quantitative estimate of drug-likeness (QED) is 0.0472. The molecule has 344 valence electrons. The van der Waals surface area contributed by atoms with E-state index in [0.717, 1.165) is 81.5 Å². The van der Waals surface area contributed by atoms with Crippen LogP contribution >= 0.6 is 0 Å². The number of hydrogen-bond donors (Lipinski definition) is 0. The summed E-state index contributed by atoms with van der Waals surface area (Å²) in [5.74, 6) is -0.711. The van der Waals surface area contributed by atoms with Gasteiger partial charge in [-0.05, 0) is 99.5 Å². The molecule has 0 saturated carbocycles. The van der Waals surface area contributed by atoms with Crippen LogP contribution < -0.4 is 9.97 Å². The van der Waals surface area contributed by atoms with Crippen LogP contribution in [-0.4, -0.2) is 64.5 Å². The standard InChI is InChI=1S/C55H73N4O5.Mg/c1-13-39-35(8)42-28-44-37(10)41(24-25-48(60)64-27-26-34(7)23-17-22-33(6)21-16-20-32(5)19-15-18-31(3)4)52(58-44)50-51(55(62)63-12)54(61)49-38(11)45(59-53(49)50)30-47-40(14-2)36(9)43(57-47)29-46(39)56-42;/h13,26,28-33,37,41,51H,1,14-25,27H2,2-12H3,(H-,56,57,58,59,61);/q-1;+2/p-1/b34-26+;/t32?,33?,37-,41-,51-;/m0./s1. The van der Waals surface area contributed by atoms with Gasteiger partial charge in [0.2, 0.25) is 0 Å². The van der Waals surface area contributed by atoms with Crippen molar-refractivity contribution in [3.8, 4) is 0 Å². The summed E-state index contributed by atoms with van der Waals surface area (Å²) in [5.41, 5.74) is 12.3. The molecule has 0 spiro atoms. The molecule has 0 fully saturated rings. The summed E-state index contributed by atoms with van der Waals surface area (Å²) in [6.45, 7) is 26.0. The predicted molar refractivity (Wildman–Crippen MR) is 266 cm³/mol. The first kappa shape index (κ1) is 51.7. The summed E-state index contributed by atoms with van der Waals surface area (Å²) >= 11 is 0. The summed E-state index contributed by atoms with van der Waals surface area (Å²) in [4.78, 5) is 61.8. The zero-order valence-corrected chi connectivity index (χ0v) is 42.7. The van der Waals surface area contributed by atoms with Crippen molar-refractivity contribution in [1.29, 1.82) is 0 Å². The predicted octanol–water partition coefficient (Wildman–Crippen LogP) is 12.8. The molecule has 6 rings (SSSR count). The molecular weight excluding hydrogens is 821 g/mol. The molecule has 3 aromatic heterocycles. The smallest absolute Gasteiger partial charge is 0.657 e. The number of Topliss-reactive ketones (excluding diaryl/α,β-unsaturated/α-hetero) is 1. The first-order chi connectivity index (χ1) is 30.6. The van der Waals surface area contributed by atoms with E-state index in [4.69, 9.17) is 29.4 Å². The van der Waals surface area contributed by atoms with Crippen molar-refractivity contribution in [2.24, 2.45) is 17.8 Å². The SMILES string of the molecule is C=Cc1c(C)c2cc3nc(c4c5[n-]c(cc6nc(cc1[n-]2)C(C)=C6CC)c(C)c5C(=O)[C@H]4C(=O)OC)[C@@H](CCC(=O)OC/C=C(\C)CCCC(C)CCCC(C)CCCC(C)C)[C@@H]3C.[Mg+2]. The Labute approximate surface area is 404 Å². The van der Waals surface area contributed by atoms with Crippen molar-refractivity contribution >= 4 is 80.1 Å². The molecule has 0 radical (unpaired) electrons. The van der Waals surface area contributed by atoms with Crippen LogP contribution in [-0.2, 0) is 19.1 Å². The molecule has 9 nitrogen and oxygen atoms in total. The molecule has 8 bridgehead atoms. The molecule has 3 aromatic rings. The minimum atomic E-state index is -1.22. The maximum atomic E-state index is 14.4. The van der Waals surface area contributed by atoms with Crippen LogP contribution in [0.2, 0.25) is 0 Å². The second kappa shape index (κ2) is 22.9. The normalized spacial score (nSPS) is 17.9. The molecule has 0 aromatic carbocycles. The number of hydrogen-bond acceptors (Lipinski definition) is 7. The van der Waals surface area contributed by atoms with Gasteiger partial charge < -0.3 is 19.4 Å². The average molecular weight is 894 g/mol. The fraction of sp³-hybridized carbons (Fsp3) is 0.545. The molecule has 3 aliphatic rings. The summed E-state index contributed by atoms with van der Waals surface area (Å²) in [7, 11) is 1.30. The zero-order chi connectivity index (χ0) is 46.4. The molecule has 1 aliphatic carbocycles. The Morgan fingerprint density at radius 1 is 0.862 bits per heavy atom. The minimum Gasteiger partial charge on any atom is -0.657 e. The van der Waals surface area contributed by atoms with E-state index in [9.17, 15) is 14.4 Å². The number of fused-ring (bicyclic) bond motifs is 8. The fourth-order valence-corrected chi connectivity index (χ4v) is 10.1. The Hall–Kier alpha value is -4.28. The maximum Gasteiger partial charge on any atom is 2.00 e. The third-order valence-electron chi connectivity index (χ3n) is 14.2. The number of ketones is 1. The number of nitrogens with zero attached hydrogens (tertiary/aromatic N) is 4. The van der Waals surface area contributed by atoms with Crippen molar-refractivity contribution in [2.45, 2.75) is 164 Å². The van der Waals surface area contributed by atoms with E-state index in [1.807, 2.05) is 44.2 Å². The van der Waals surface area contributed by atoms with Crippen LogP contribution in [0.15, 0.2) is 36.4 Å². The Bertz CT molecular complexity index is 2490. The molecule has 0 N–H and O–H groups in total. The van der Waals surface area contributed by atoms with Gasteiger partial charge in [0.05, 0.1) is 18.5 Å². The number of allylic oxidation sites excluding steroid dienone is 3. The van der Waals surface area contributed by atoms with Crippen LogP contribution in [0, 0.1) is 31.6 Å². The van der Waals surface area contributed by atoms with Gasteiger partial charge in [-0.3, -0.25) is 19.4 Å². The van der Waals surface area contributed by atoms with E-state index < -0.39 is 11.9 Å². The van der Waals surface area contributed by atoms with Crippen molar-refractivity contribution in [1.82, 2.24) is 19.9 Å². The average Bonchev–Trinajstić information content (AvgIpc) is 3.99. The van der Waals surface area contributed by atoms with Gasteiger partial charge >= 0.3 is 35.0 Å². The van der Waals surface area contributed by atoms with E-state index in [1.54, 1.807) is 0 Å². The van der Waals surface area contributed by atoms with E-state index in [2.05, 4.69) is 62.0 Å². The van der Waals surface area contributed by atoms with Crippen LogP contribution in [0.4, 0.5) is 0 Å². The van der Waals surface area contributed by atoms with Crippen LogP contribution in [0.3, 0.4) is 0 Å². The van der Waals surface area contributed by atoms with Gasteiger partial charge in [0.15, 0.2) is 5.78 Å². The zero-order valence-electron chi connectivity index (χ0n) is 41.3. The van der Waals surface area contributed by atoms with Crippen molar-refractivity contribution in [2.75, 3.05) is 13.7 Å². The first-order valence-electron chi connectivity index (χ1n) is 24.0. The van der Waals surface area contributed by atoms with Crippen molar-refractivity contribution in [3.63, 3.8) is 0 Å². The Kier molecular flexibility index (Phi) is 18.3. The van der Waals surface area contributed by atoms with Gasteiger partial charge in [-0.2, -0.15) is 0 Å². The Morgan fingerprint density at radius 3 is 2.15 bits per heavy atom. The largest absolute Gasteiger partial charge is 2.00 e. The van der Waals surface area contributed by atoms with E-state index >= 15 is 0 Å². The van der Waals surface area contributed by atoms with Gasteiger partial charge in [-0.1, -0.05) is 134 Å². The van der Waals surface area contributed by atoms with Gasteiger partial charge in [-0.25, -0.2) is 4.98 Å². The summed E-state index contributed by atoms with van der Waals surface area (Å²) in [6.07, 6.45) is 16.4. The molecule has 0 saturated heterocycles. The monoisotopic (exact) mass is 893 g/mol. The van der Waals surface area contributed by atoms with Gasteiger partial charge in [0, 0.05) is 35.2 Å². The van der Waals surface area contributed by atoms with E-state index in [1.165, 1.54) is 57.6 Å². The molecule has 5 heterocycles. The molecule has 10 heteroatoms. The van der Waals surface area contributed by atoms with E-state index in [-0.39, 0.29) is 59.7 Å². The maximum absolute atomic E-state index is 14.4. The topological polar surface area (TPSA) is 124 Å². The Morgan fingerprint density at radius 2 is 1.51 bits per heavy atom. The van der Waals surface area contributed by atoms with Gasteiger partial charge in [-0.15, -0.1) is 22.1 Å². The van der Waals surface area contributed by atoms with E-state index in [0.29, 0.717) is 45.8 Å². The molecule has 2 aliphatic heterocycles. The number of carbonyl (C=O) groups excluding carboxylic acids is 3. The third kappa shape index (κ3) is 11.6. The summed E-state index contributed by atoms with van der Waals surface area (Å²) < 4.78 is 11.0. The second-order valence-electron chi connectivity index (χ2n) is 19.4. The van der Waals surface area contributed by atoms with Crippen molar-refractivity contribution in [3.05, 3.63) is 87.0 Å². The Balaban J connectivity index is 0.00000793. The number of ether oxygens (including phenoxy) is 2. The summed E-state index contributed by atoms with van der Waals surface area (Å²) in [6, 6.07) is 5.95. The molecular formula is C55H72MgN4O5. The van der Waals surface area contributed by atoms with Gasteiger partial charge in [0.1, 0.15) is 12.5 Å². The number of aromatic nitrogens is 4. The van der Waals surface area contributed by atoms with Crippen LogP contribution in [0.25, 0.3) is 39.3 Å². The van der Waals surface area contributed by atoms with Crippen molar-refractivity contribution < 1.29 is 23.9 Å². The van der Waals surface area contributed by atoms with Crippen LogP contribution in [0.5, 0.6) is 0 Å². The first-order valence-corrected chi connectivity index (χ1v) is 24.0. The molecule has 65 heavy (non-hydrogen) atoms. The number of carbonyl (C=O) groups is 3. The van der Waals surface area contributed by atoms with Gasteiger partial charge in [0.25, 0.3) is 0 Å². The second-order valence-corrected chi connectivity index (χ2v) is 19.4. The van der Waals surface area contributed by atoms with Crippen LogP contribution in [0.1, 0.15) is 206 Å². The molecule has 0 amide bonds. The minimum absolute atomic E-state index is 0. The molecule has 5 atom stereocenters. The number of methoxy groups -OCH3 is 1. The molecule has 2 unspecified atom stereocenters. The number of aryl methyl sites for hydroxylation is 2.